The summed E-state index contributed by atoms with van der Waals surface area (Å²) in [5.74, 6) is 1.77. The van der Waals surface area contributed by atoms with Crippen molar-refractivity contribution in [3.8, 4) is 0 Å². The third-order valence-electron chi connectivity index (χ3n) is 4.18. The molecule has 5 atom stereocenters. The highest BCUT2D eigenvalue weighted by atomic mass is 16.1. The molecule has 0 spiro atoms. The maximum absolute atomic E-state index is 12.1. The summed E-state index contributed by atoms with van der Waals surface area (Å²) >= 11 is 0. The van der Waals surface area contributed by atoms with Crippen LogP contribution in [0.25, 0.3) is 0 Å². The maximum Gasteiger partial charge on any atom is 0.140 e. The summed E-state index contributed by atoms with van der Waals surface area (Å²) < 4.78 is 0. The molecule has 1 saturated heterocycles. The molecule has 0 aromatic heterocycles. The summed E-state index contributed by atoms with van der Waals surface area (Å²) in [5.41, 5.74) is 0. The average Bonchev–Trinajstić information content (AvgIpc) is 2.93. The third kappa shape index (κ3) is 2.41. The predicted molar refractivity (Wildman–Crippen MR) is 61.7 cm³/mol. The molecule has 1 heterocycles. The molecule has 0 amide bonds. The van der Waals surface area contributed by atoms with E-state index in [1.807, 2.05) is 0 Å². The molecule has 15 heavy (non-hydrogen) atoms. The van der Waals surface area contributed by atoms with Crippen LogP contribution in [-0.4, -0.2) is 17.9 Å². The fourth-order valence-electron chi connectivity index (χ4n) is 2.82. The molecule has 0 bridgehead atoms. The van der Waals surface area contributed by atoms with Crippen LogP contribution in [-0.2, 0) is 4.79 Å². The molecule has 1 N–H and O–H groups in total. The second-order valence-electron chi connectivity index (χ2n) is 5.62. The number of ketones is 1. The van der Waals surface area contributed by atoms with E-state index in [0.717, 1.165) is 6.42 Å². The van der Waals surface area contributed by atoms with E-state index in [1.165, 1.54) is 19.3 Å². The first kappa shape index (κ1) is 11.1. The smallest absolute Gasteiger partial charge is 0.140 e. The highest BCUT2D eigenvalue weighted by Crippen LogP contribution is 2.41. The lowest BCUT2D eigenvalue weighted by atomic mass is 9.86. The lowest BCUT2D eigenvalue weighted by molar-refractivity contribution is -0.125. The molecule has 2 rings (SSSR count). The van der Waals surface area contributed by atoms with E-state index in [-0.39, 0.29) is 5.92 Å². The van der Waals surface area contributed by atoms with E-state index in [1.54, 1.807) is 0 Å². The number of Topliss-reactive ketones (excluding diaryl/α,β-unsaturated/α-hetero) is 1. The summed E-state index contributed by atoms with van der Waals surface area (Å²) in [5, 5.41) is 3.57. The fraction of sp³-hybridized carbons (Fsp3) is 0.923. The topological polar surface area (TPSA) is 29.1 Å². The molecule has 0 radical (unpaired) electrons. The zero-order valence-corrected chi connectivity index (χ0v) is 10.1. The van der Waals surface area contributed by atoms with Gasteiger partial charge in [-0.15, -0.1) is 0 Å². The first-order chi connectivity index (χ1) is 7.09. The predicted octanol–water partition coefficient (Wildman–Crippen LogP) is 2.38. The molecule has 0 aromatic rings. The zero-order chi connectivity index (χ0) is 11.0. The summed E-state index contributed by atoms with van der Waals surface area (Å²) in [6, 6.07) is 1.03. The van der Waals surface area contributed by atoms with Gasteiger partial charge in [0.15, 0.2) is 0 Å². The lowest BCUT2D eigenvalue weighted by Gasteiger charge is -2.32. The minimum atomic E-state index is 0.225. The van der Waals surface area contributed by atoms with Crippen LogP contribution in [0.5, 0.6) is 0 Å². The molecular weight excluding hydrogens is 186 g/mol. The van der Waals surface area contributed by atoms with Crippen molar-refractivity contribution in [2.45, 2.75) is 58.5 Å². The van der Waals surface area contributed by atoms with Gasteiger partial charge in [0.25, 0.3) is 0 Å². The Morgan fingerprint density at radius 2 is 2.00 bits per heavy atom. The van der Waals surface area contributed by atoms with Gasteiger partial charge in [-0.3, -0.25) is 4.79 Å². The Hall–Kier alpha value is -0.370. The van der Waals surface area contributed by atoms with Crippen molar-refractivity contribution in [1.29, 1.82) is 0 Å². The normalized spacial score (nSPS) is 42.3. The van der Waals surface area contributed by atoms with Crippen LogP contribution < -0.4 is 5.32 Å². The Morgan fingerprint density at radius 3 is 2.53 bits per heavy atom. The van der Waals surface area contributed by atoms with Crippen molar-refractivity contribution >= 4 is 5.78 Å². The van der Waals surface area contributed by atoms with E-state index >= 15 is 0 Å². The van der Waals surface area contributed by atoms with Gasteiger partial charge in [0, 0.05) is 23.9 Å². The van der Waals surface area contributed by atoms with Gasteiger partial charge in [0.1, 0.15) is 5.78 Å². The van der Waals surface area contributed by atoms with Gasteiger partial charge < -0.3 is 5.32 Å². The average molecular weight is 209 g/mol. The number of carbonyl (C=O) groups excluding carboxylic acids is 1. The molecular formula is C13H23NO. The van der Waals surface area contributed by atoms with Gasteiger partial charge in [0.05, 0.1) is 0 Å². The second kappa shape index (κ2) is 4.25. The number of hydrogen-bond acceptors (Lipinski definition) is 2. The summed E-state index contributed by atoms with van der Waals surface area (Å²) in [7, 11) is 0. The molecule has 2 nitrogen and oxygen atoms in total. The quantitative estimate of drug-likeness (QED) is 0.773. The van der Waals surface area contributed by atoms with Crippen molar-refractivity contribution in [3.05, 3.63) is 0 Å². The Labute approximate surface area is 92.8 Å². The maximum atomic E-state index is 12.1. The number of nitrogens with one attached hydrogen (secondary N) is 1. The van der Waals surface area contributed by atoms with Crippen LogP contribution in [0, 0.1) is 17.8 Å². The van der Waals surface area contributed by atoms with Crippen LogP contribution in [0.2, 0.25) is 0 Å². The monoisotopic (exact) mass is 209 g/mol. The fourth-order valence-corrected chi connectivity index (χ4v) is 2.82. The van der Waals surface area contributed by atoms with Crippen LogP contribution in [0.15, 0.2) is 0 Å². The van der Waals surface area contributed by atoms with Crippen molar-refractivity contribution in [2.24, 2.45) is 17.8 Å². The highest BCUT2D eigenvalue weighted by Gasteiger charge is 2.42. The molecule has 1 aliphatic heterocycles. The molecule has 2 heteroatoms. The van der Waals surface area contributed by atoms with Crippen LogP contribution in [0.4, 0.5) is 0 Å². The van der Waals surface area contributed by atoms with Crippen LogP contribution in [0.3, 0.4) is 0 Å². The lowest BCUT2D eigenvalue weighted by Crippen LogP contribution is -2.46. The Kier molecular flexibility index (Phi) is 3.15. The van der Waals surface area contributed by atoms with Crippen molar-refractivity contribution in [2.75, 3.05) is 0 Å². The van der Waals surface area contributed by atoms with Crippen LogP contribution in [0.1, 0.15) is 46.5 Å². The minimum absolute atomic E-state index is 0.225. The largest absolute Gasteiger partial charge is 0.311 e. The minimum Gasteiger partial charge on any atom is -0.311 e. The van der Waals surface area contributed by atoms with Gasteiger partial charge in [-0.25, -0.2) is 0 Å². The molecule has 5 unspecified atom stereocenters. The number of rotatable bonds is 3. The molecule has 2 aliphatic rings. The SMILES string of the molecule is CC1CCCC(C(C)C(=O)C2CC2C)N1. The zero-order valence-electron chi connectivity index (χ0n) is 10.1. The van der Waals surface area contributed by atoms with E-state index in [4.69, 9.17) is 0 Å². The van der Waals surface area contributed by atoms with Crippen molar-refractivity contribution in [1.82, 2.24) is 5.32 Å². The van der Waals surface area contributed by atoms with Gasteiger partial charge in [-0.1, -0.05) is 20.3 Å². The summed E-state index contributed by atoms with van der Waals surface area (Å²) in [6.07, 6.45) is 4.84. The molecule has 0 aromatic carbocycles. The Balaban J connectivity index is 1.89. The second-order valence-corrected chi connectivity index (χ2v) is 5.62. The summed E-state index contributed by atoms with van der Waals surface area (Å²) in [4.78, 5) is 12.1. The Morgan fingerprint density at radius 1 is 1.33 bits per heavy atom. The van der Waals surface area contributed by atoms with E-state index < -0.39 is 0 Å². The molecule has 86 valence electrons. The van der Waals surface area contributed by atoms with Gasteiger partial charge >= 0.3 is 0 Å². The molecule has 2 fully saturated rings. The third-order valence-corrected chi connectivity index (χ3v) is 4.18. The standard InChI is InChI=1S/C13H23NO/c1-8-7-11(8)13(15)10(3)12-6-4-5-9(2)14-12/h8-12,14H,4-7H2,1-3H3. The van der Waals surface area contributed by atoms with Crippen molar-refractivity contribution in [3.63, 3.8) is 0 Å². The number of hydrogen-bond donors (Lipinski definition) is 1. The van der Waals surface area contributed by atoms with Crippen LogP contribution >= 0.6 is 0 Å². The molecule has 1 saturated carbocycles. The van der Waals surface area contributed by atoms with Crippen molar-refractivity contribution < 1.29 is 4.79 Å². The van der Waals surface area contributed by atoms with E-state index in [2.05, 4.69) is 26.1 Å². The van der Waals surface area contributed by atoms with Gasteiger partial charge in [-0.05, 0) is 32.1 Å². The van der Waals surface area contributed by atoms with Gasteiger partial charge in [-0.2, -0.15) is 0 Å². The number of carbonyl (C=O) groups is 1. The summed E-state index contributed by atoms with van der Waals surface area (Å²) in [6.45, 7) is 6.53. The highest BCUT2D eigenvalue weighted by molar-refractivity contribution is 5.86. The van der Waals surface area contributed by atoms with E-state index in [9.17, 15) is 4.79 Å². The first-order valence-electron chi connectivity index (χ1n) is 6.39. The Bertz CT molecular complexity index is 251. The first-order valence-corrected chi connectivity index (χ1v) is 6.39. The van der Waals surface area contributed by atoms with Gasteiger partial charge in [0.2, 0.25) is 0 Å². The molecule has 1 aliphatic carbocycles. The van der Waals surface area contributed by atoms with E-state index in [0.29, 0.717) is 29.7 Å². The number of piperidine rings is 1.